The summed E-state index contributed by atoms with van der Waals surface area (Å²) in [6.07, 6.45) is 5.54. The van der Waals surface area contributed by atoms with Crippen molar-refractivity contribution in [2.45, 2.75) is 57.6 Å². The van der Waals surface area contributed by atoms with E-state index in [4.69, 9.17) is 4.52 Å². The van der Waals surface area contributed by atoms with Crippen LogP contribution in [0.15, 0.2) is 4.52 Å². The van der Waals surface area contributed by atoms with Gasteiger partial charge < -0.3 is 9.63 Å². The molecular weight excluding hydrogens is 280 g/mol. The van der Waals surface area contributed by atoms with Crippen molar-refractivity contribution in [3.05, 3.63) is 11.7 Å². The lowest BCUT2D eigenvalue weighted by Crippen LogP contribution is -2.52. The fourth-order valence-electron chi connectivity index (χ4n) is 3.73. The highest BCUT2D eigenvalue weighted by molar-refractivity contribution is 4.93. The first-order valence-electron chi connectivity index (χ1n) is 8.55. The zero-order valence-electron chi connectivity index (χ0n) is 13.8. The van der Waals surface area contributed by atoms with Gasteiger partial charge in [-0.3, -0.25) is 9.80 Å². The van der Waals surface area contributed by atoms with Crippen molar-refractivity contribution >= 4 is 0 Å². The van der Waals surface area contributed by atoms with Crippen LogP contribution in [0.2, 0.25) is 0 Å². The zero-order valence-corrected chi connectivity index (χ0v) is 13.8. The van der Waals surface area contributed by atoms with Gasteiger partial charge in [-0.1, -0.05) is 24.4 Å². The van der Waals surface area contributed by atoms with E-state index in [0.717, 1.165) is 45.6 Å². The molecule has 22 heavy (non-hydrogen) atoms. The summed E-state index contributed by atoms with van der Waals surface area (Å²) >= 11 is 0. The van der Waals surface area contributed by atoms with E-state index < -0.39 is 5.60 Å². The number of nitrogens with zero attached hydrogens (tertiary/aromatic N) is 4. The molecule has 0 amide bonds. The number of hydrogen-bond donors (Lipinski definition) is 1. The molecule has 0 radical (unpaired) electrons. The molecule has 1 saturated carbocycles. The highest BCUT2D eigenvalue weighted by Gasteiger charge is 2.33. The molecule has 0 bridgehead atoms. The Balaban J connectivity index is 1.49. The molecule has 1 aliphatic heterocycles. The summed E-state index contributed by atoms with van der Waals surface area (Å²) in [5.74, 6) is 1.40. The molecule has 2 fully saturated rings. The van der Waals surface area contributed by atoms with Gasteiger partial charge >= 0.3 is 0 Å². The third-order valence-corrected chi connectivity index (χ3v) is 5.16. The molecule has 1 aromatic heterocycles. The van der Waals surface area contributed by atoms with Crippen molar-refractivity contribution < 1.29 is 9.63 Å². The van der Waals surface area contributed by atoms with Crippen LogP contribution in [0, 0.1) is 6.92 Å². The Bertz CT molecular complexity index is 476. The molecule has 0 spiro atoms. The summed E-state index contributed by atoms with van der Waals surface area (Å²) in [5.41, 5.74) is -0.449. The van der Waals surface area contributed by atoms with E-state index in [1.807, 2.05) is 6.92 Å². The first-order chi connectivity index (χ1) is 10.6. The number of aryl methyl sites for hydroxylation is 1. The maximum atomic E-state index is 10.7. The molecule has 0 unspecified atom stereocenters. The maximum Gasteiger partial charge on any atom is 0.243 e. The van der Waals surface area contributed by atoms with Crippen LogP contribution in [0.4, 0.5) is 0 Å². The molecule has 1 aliphatic carbocycles. The smallest absolute Gasteiger partial charge is 0.243 e. The van der Waals surface area contributed by atoms with Crippen molar-refractivity contribution in [2.75, 3.05) is 32.7 Å². The van der Waals surface area contributed by atoms with Gasteiger partial charge in [0.1, 0.15) is 0 Å². The summed E-state index contributed by atoms with van der Waals surface area (Å²) in [6.45, 7) is 8.77. The average molecular weight is 308 g/mol. The van der Waals surface area contributed by atoms with Crippen LogP contribution >= 0.6 is 0 Å². The lowest BCUT2D eigenvalue weighted by Gasteiger charge is -2.41. The predicted molar refractivity (Wildman–Crippen MR) is 83.5 cm³/mol. The first-order valence-corrected chi connectivity index (χ1v) is 8.55. The van der Waals surface area contributed by atoms with Gasteiger partial charge in [-0.05, 0) is 26.7 Å². The minimum Gasteiger partial charge on any atom is -0.389 e. The van der Waals surface area contributed by atoms with Gasteiger partial charge in [0.25, 0.3) is 0 Å². The Labute approximate surface area is 132 Å². The van der Waals surface area contributed by atoms with Crippen molar-refractivity contribution in [2.24, 2.45) is 0 Å². The molecule has 2 heterocycles. The zero-order chi connectivity index (χ0) is 15.6. The Kier molecular flexibility index (Phi) is 4.80. The van der Waals surface area contributed by atoms with Gasteiger partial charge in [0.05, 0.1) is 11.6 Å². The van der Waals surface area contributed by atoms with Crippen LogP contribution in [-0.4, -0.2) is 63.4 Å². The number of β-amino-alcohol motifs (C(OH)–C–C–N with tert-alkyl or cyclic N) is 1. The number of hydrogen-bond acceptors (Lipinski definition) is 6. The molecule has 1 saturated heterocycles. The first kappa shape index (κ1) is 15.9. The van der Waals surface area contributed by atoms with Gasteiger partial charge in [0, 0.05) is 32.7 Å². The van der Waals surface area contributed by atoms with Crippen LogP contribution in [0.25, 0.3) is 0 Å². The van der Waals surface area contributed by atoms with E-state index in [1.165, 1.54) is 19.3 Å². The molecule has 6 heteroatoms. The third-order valence-electron chi connectivity index (χ3n) is 5.16. The molecule has 1 atom stereocenters. The van der Waals surface area contributed by atoms with E-state index in [1.54, 1.807) is 0 Å². The van der Waals surface area contributed by atoms with Crippen molar-refractivity contribution in [3.63, 3.8) is 0 Å². The normalized spacial score (nSPS) is 25.2. The van der Waals surface area contributed by atoms with Crippen molar-refractivity contribution in [1.82, 2.24) is 19.9 Å². The standard InChI is InChI=1S/C16H28N4O2/c1-13(15-17-14(2)18-22-15)20-10-8-19(9-11-20)12-16(21)6-4-3-5-7-16/h13,21H,3-12H2,1-2H3/t13-/m1/s1. The summed E-state index contributed by atoms with van der Waals surface area (Å²) in [6, 6.07) is 0.168. The second-order valence-electron chi connectivity index (χ2n) is 6.95. The SMILES string of the molecule is Cc1noc([C@@H](C)N2CCN(CC3(O)CCCCC3)CC2)n1. The Morgan fingerprint density at radius 2 is 1.86 bits per heavy atom. The fraction of sp³-hybridized carbons (Fsp3) is 0.875. The number of aromatic nitrogens is 2. The Hall–Kier alpha value is -0.980. The van der Waals surface area contributed by atoms with Crippen LogP contribution < -0.4 is 0 Å². The van der Waals surface area contributed by atoms with Gasteiger partial charge in [-0.25, -0.2) is 0 Å². The van der Waals surface area contributed by atoms with E-state index in [0.29, 0.717) is 11.7 Å². The number of piperazine rings is 1. The second kappa shape index (κ2) is 6.64. The molecule has 1 N–H and O–H groups in total. The highest BCUT2D eigenvalue weighted by Crippen LogP contribution is 2.29. The molecule has 1 aromatic rings. The van der Waals surface area contributed by atoms with Crippen molar-refractivity contribution in [3.8, 4) is 0 Å². The predicted octanol–water partition coefficient (Wildman–Crippen LogP) is 1.75. The van der Waals surface area contributed by atoms with E-state index in [2.05, 4.69) is 26.9 Å². The summed E-state index contributed by atoms with van der Waals surface area (Å²) in [7, 11) is 0. The molecule has 6 nitrogen and oxygen atoms in total. The Morgan fingerprint density at radius 1 is 1.18 bits per heavy atom. The third kappa shape index (κ3) is 3.67. The lowest BCUT2D eigenvalue weighted by atomic mass is 9.84. The van der Waals surface area contributed by atoms with Gasteiger partial charge in [-0.2, -0.15) is 4.98 Å². The maximum absolute atomic E-state index is 10.7. The average Bonchev–Trinajstić information content (AvgIpc) is 2.94. The fourth-order valence-corrected chi connectivity index (χ4v) is 3.73. The van der Waals surface area contributed by atoms with E-state index in [-0.39, 0.29) is 6.04 Å². The van der Waals surface area contributed by atoms with Crippen LogP contribution in [0.1, 0.15) is 56.8 Å². The minimum absolute atomic E-state index is 0.168. The quantitative estimate of drug-likeness (QED) is 0.914. The van der Waals surface area contributed by atoms with Gasteiger partial charge in [0.2, 0.25) is 5.89 Å². The van der Waals surface area contributed by atoms with E-state index in [9.17, 15) is 5.11 Å². The van der Waals surface area contributed by atoms with Gasteiger partial charge in [0.15, 0.2) is 5.82 Å². The Morgan fingerprint density at radius 3 is 2.45 bits per heavy atom. The van der Waals surface area contributed by atoms with Crippen LogP contribution in [0.5, 0.6) is 0 Å². The molecule has 0 aromatic carbocycles. The van der Waals surface area contributed by atoms with E-state index >= 15 is 0 Å². The lowest BCUT2D eigenvalue weighted by molar-refractivity contribution is -0.0387. The highest BCUT2D eigenvalue weighted by atomic mass is 16.5. The number of aliphatic hydroxyl groups is 1. The molecule has 124 valence electrons. The van der Waals surface area contributed by atoms with Gasteiger partial charge in [-0.15, -0.1) is 0 Å². The van der Waals surface area contributed by atoms with Crippen molar-refractivity contribution in [1.29, 1.82) is 0 Å². The summed E-state index contributed by atoms with van der Waals surface area (Å²) < 4.78 is 5.29. The van der Waals surface area contributed by atoms with Crippen LogP contribution in [-0.2, 0) is 0 Å². The molecular formula is C16H28N4O2. The second-order valence-corrected chi connectivity index (χ2v) is 6.95. The summed E-state index contributed by atoms with van der Waals surface area (Å²) in [4.78, 5) is 9.13. The largest absolute Gasteiger partial charge is 0.389 e. The molecule has 2 aliphatic rings. The minimum atomic E-state index is -0.449. The monoisotopic (exact) mass is 308 g/mol. The molecule has 3 rings (SSSR count). The topological polar surface area (TPSA) is 65.6 Å². The number of rotatable bonds is 4. The summed E-state index contributed by atoms with van der Waals surface area (Å²) in [5, 5.41) is 14.6. The van der Waals surface area contributed by atoms with Crippen LogP contribution in [0.3, 0.4) is 0 Å².